The molecule has 0 bridgehead atoms. The van der Waals surface area contributed by atoms with Gasteiger partial charge in [0.25, 0.3) is 15.9 Å². The Morgan fingerprint density at radius 1 is 0.929 bits per heavy atom. The van der Waals surface area contributed by atoms with Crippen molar-refractivity contribution in [3.8, 4) is 17.2 Å². The highest BCUT2D eigenvalue weighted by Gasteiger charge is 2.28. The molecule has 11 nitrogen and oxygen atoms in total. The summed E-state index contributed by atoms with van der Waals surface area (Å²) in [6, 6.07) is 17.6. The number of amides is 1. The Morgan fingerprint density at radius 3 is 2.17 bits per heavy atom. The van der Waals surface area contributed by atoms with Crippen LogP contribution in [-0.2, 0) is 24.3 Å². The molecule has 42 heavy (non-hydrogen) atoms. The van der Waals surface area contributed by atoms with Crippen molar-refractivity contribution in [3.63, 3.8) is 0 Å². The Balaban J connectivity index is 1.70. The number of nitrogens with one attached hydrogen (secondary N) is 1. The van der Waals surface area contributed by atoms with Gasteiger partial charge in [-0.05, 0) is 81.8 Å². The van der Waals surface area contributed by atoms with E-state index in [-0.39, 0.29) is 17.3 Å². The molecule has 0 spiro atoms. The maximum Gasteiger partial charge on any atom is 0.344 e. The first-order valence-electron chi connectivity index (χ1n) is 12.9. The topological polar surface area (TPSA) is 133 Å². The third-order valence-electron chi connectivity index (χ3n) is 5.61. The third-order valence-corrected chi connectivity index (χ3v) is 7.38. The van der Waals surface area contributed by atoms with E-state index in [9.17, 15) is 18.0 Å². The van der Waals surface area contributed by atoms with Gasteiger partial charge >= 0.3 is 5.97 Å². The molecule has 3 rings (SSSR count). The molecule has 0 aliphatic carbocycles. The summed E-state index contributed by atoms with van der Waals surface area (Å²) in [6.07, 6.45) is 1.40. The van der Waals surface area contributed by atoms with E-state index in [1.807, 2.05) is 6.92 Å². The standard InChI is InChI=1S/C30H35N3O8S/c1-21-7-11-23(12-8-21)33(42(36,37)25-15-16-26(38-5)27(17-25)39-6)19-28(34)32-31-18-22-9-13-24(14-10-22)40-20-29(35)41-30(2,3)4/h7-18H,19-20H2,1-6H3,(H,32,34)/b31-18+. The summed E-state index contributed by atoms with van der Waals surface area (Å²) in [7, 11) is -1.33. The fourth-order valence-corrected chi connectivity index (χ4v) is 5.08. The quantitative estimate of drug-likeness (QED) is 0.188. The van der Waals surface area contributed by atoms with Crippen LogP contribution < -0.4 is 23.9 Å². The lowest BCUT2D eigenvalue weighted by molar-refractivity contribution is -0.157. The molecule has 3 aromatic carbocycles. The summed E-state index contributed by atoms with van der Waals surface area (Å²) < 4.78 is 49.5. The number of hydrazone groups is 1. The van der Waals surface area contributed by atoms with Crippen molar-refractivity contribution < 1.29 is 37.0 Å². The molecule has 0 atom stereocenters. The average Bonchev–Trinajstić information content (AvgIpc) is 2.94. The van der Waals surface area contributed by atoms with Gasteiger partial charge in [-0.3, -0.25) is 9.10 Å². The van der Waals surface area contributed by atoms with Gasteiger partial charge in [0.05, 0.1) is 31.0 Å². The van der Waals surface area contributed by atoms with Gasteiger partial charge in [0.15, 0.2) is 18.1 Å². The van der Waals surface area contributed by atoms with Crippen LogP contribution in [0.1, 0.15) is 31.9 Å². The van der Waals surface area contributed by atoms with Gasteiger partial charge in [-0.1, -0.05) is 17.7 Å². The van der Waals surface area contributed by atoms with E-state index in [4.69, 9.17) is 18.9 Å². The lowest BCUT2D eigenvalue weighted by Gasteiger charge is -2.24. The van der Waals surface area contributed by atoms with Crippen LogP contribution in [0, 0.1) is 6.92 Å². The van der Waals surface area contributed by atoms with Gasteiger partial charge in [-0.15, -0.1) is 0 Å². The minimum atomic E-state index is -4.19. The zero-order valence-electron chi connectivity index (χ0n) is 24.4. The fraction of sp³-hybridized carbons (Fsp3) is 0.300. The molecule has 224 valence electrons. The SMILES string of the molecule is COc1ccc(S(=O)(=O)N(CC(=O)N/N=C/c2ccc(OCC(=O)OC(C)(C)C)cc2)c2ccc(C)cc2)cc1OC. The molecule has 0 radical (unpaired) electrons. The largest absolute Gasteiger partial charge is 0.493 e. The van der Waals surface area contributed by atoms with Crippen molar-refractivity contribution in [2.45, 2.75) is 38.2 Å². The van der Waals surface area contributed by atoms with E-state index >= 15 is 0 Å². The van der Waals surface area contributed by atoms with E-state index < -0.39 is 34.0 Å². The molecular formula is C30H35N3O8S. The Hall–Kier alpha value is -4.58. The Morgan fingerprint density at radius 2 is 1.57 bits per heavy atom. The van der Waals surface area contributed by atoms with Gasteiger partial charge in [-0.25, -0.2) is 18.6 Å². The molecule has 3 aromatic rings. The van der Waals surface area contributed by atoms with Crippen molar-refractivity contribution in [2.24, 2.45) is 5.10 Å². The average molecular weight is 598 g/mol. The van der Waals surface area contributed by atoms with Crippen molar-refractivity contribution in [1.29, 1.82) is 0 Å². The van der Waals surface area contributed by atoms with E-state index in [2.05, 4.69) is 10.5 Å². The monoisotopic (exact) mass is 597 g/mol. The second-order valence-electron chi connectivity index (χ2n) is 10.1. The molecule has 0 heterocycles. The van der Waals surface area contributed by atoms with Crippen molar-refractivity contribution in [1.82, 2.24) is 5.43 Å². The van der Waals surface area contributed by atoms with Crippen LogP contribution in [0.15, 0.2) is 76.7 Å². The van der Waals surface area contributed by atoms with Gasteiger partial charge in [0.2, 0.25) is 0 Å². The summed E-state index contributed by atoms with van der Waals surface area (Å²) in [5.41, 5.74) is 3.63. The number of aryl methyl sites for hydroxylation is 1. The molecule has 0 saturated heterocycles. The van der Waals surface area contributed by atoms with Crippen LogP contribution in [0.2, 0.25) is 0 Å². The van der Waals surface area contributed by atoms with Crippen molar-refractivity contribution >= 4 is 33.8 Å². The third kappa shape index (κ3) is 8.96. The zero-order chi connectivity index (χ0) is 30.9. The maximum absolute atomic E-state index is 13.7. The number of sulfonamides is 1. The summed E-state index contributed by atoms with van der Waals surface area (Å²) >= 11 is 0. The molecule has 0 saturated carbocycles. The molecule has 0 aromatic heterocycles. The summed E-state index contributed by atoms with van der Waals surface area (Å²) in [5.74, 6) is -0.0844. The van der Waals surface area contributed by atoms with E-state index in [1.54, 1.807) is 69.3 Å². The van der Waals surface area contributed by atoms with Crippen LogP contribution in [0.5, 0.6) is 17.2 Å². The maximum atomic E-state index is 13.7. The number of ether oxygens (including phenoxy) is 4. The second-order valence-corrected chi connectivity index (χ2v) is 12.0. The van der Waals surface area contributed by atoms with Crippen LogP contribution >= 0.6 is 0 Å². The fourth-order valence-electron chi connectivity index (χ4n) is 3.64. The predicted octanol–water partition coefficient (Wildman–Crippen LogP) is 4.08. The number of carbonyl (C=O) groups is 2. The highest BCUT2D eigenvalue weighted by molar-refractivity contribution is 7.92. The highest BCUT2D eigenvalue weighted by Crippen LogP contribution is 2.32. The molecule has 0 unspecified atom stereocenters. The second kappa shape index (κ2) is 13.9. The number of hydrogen-bond acceptors (Lipinski definition) is 9. The smallest absolute Gasteiger partial charge is 0.344 e. The molecule has 0 fully saturated rings. The first kappa shape index (κ1) is 31.9. The van der Waals surface area contributed by atoms with Crippen LogP contribution in [0.3, 0.4) is 0 Å². The molecule has 0 aliphatic heterocycles. The number of nitrogens with zero attached hydrogens (tertiary/aromatic N) is 2. The van der Waals surface area contributed by atoms with Crippen LogP contribution in [0.25, 0.3) is 0 Å². The minimum Gasteiger partial charge on any atom is -0.493 e. The predicted molar refractivity (Wildman–Crippen MR) is 159 cm³/mol. The number of hydrogen-bond donors (Lipinski definition) is 1. The van der Waals surface area contributed by atoms with E-state index in [0.717, 1.165) is 9.87 Å². The molecule has 1 N–H and O–H groups in total. The summed E-state index contributed by atoms with van der Waals surface area (Å²) in [6.45, 7) is 6.43. The van der Waals surface area contributed by atoms with Crippen LogP contribution in [-0.4, -0.2) is 59.5 Å². The molecule has 0 aliphatic rings. The van der Waals surface area contributed by atoms with Crippen molar-refractivity contribution in [2.75, 3.05) is 31.7 Å². The normalized spacial score (nSPS) is 11.6. The Labute approximate surface area is 246 Å². The molecule has 12 heteroatoms. The number of carbonyl (C=O) groups excluding carboxylic acids is 2. The van der Waals surface area contributed by atoms with Gasteiger partial charge in [0.1, 0.15) is 17.9 Å². The molecular weight excluding hydrogens is 562 g/mol. The number of esters is 1. The van der Waals surface area contributed by atoms with Gasteiger partial charge in [0, 0.05) is 6.07 Å². The summed E-state index contributed by atoms with van der Waals surface area (Å²) in [5, 5.41) is 3.95. The number of methoxy groups -OCH3 is 2. The van der Waals surface area contributed by atoms with E-state index in [0.29, 0.717) is 22.7 Å². The highest BCUT2D eigenvalue weighted by atomic mass is 32.2. The van der Waals surface area contributed by atoms with Gasteiger partial charge < -0.3 is 18.9 Å². The first-order valence-corrected chi connectivity index (χ1v) is 14.3. The van der Waals surface area contributed by atoms with E-state index in [1.165, 1.54) is 38.6 Å². The number of anilines is 1. The molecule has 1 amide bonds. The van der Waals surface area contributed by atoms with Gasteiger partial charge in [-0.2, -0.15) is 5.10 Å². The summed E-state index contributed by atoms with van der Waals surface area (Å²) in [4.78, 5) is 24.6. The van der Waals surface area contributed by atoms with Crippen molar-refractivity contribution in [3.05, 3.63) is 77.9 Å². The Bertz CT molecular complexity index is 1510. The minimum absolute atomic E-state index is 0.0778. The lowest BCUT2D eigenvalue weighted by Crippen LogP contribution is -2.39. The number of benzene rings is 3. The van der Waals surface area contributed by atoms with Crippen LogP contribution in [0.4, 0.5) is 5.69 Å². The zero-order valence-corrected chi connectivity index (χ0v) is 25.2. The lowest BCUT2D eigenvalue weighted by atomic mass is 10.2. The first-order chi connectivity index (χ1) is 19.8. The number of rotatable bonds is 12. The Kier molecular flexibility index (Phi) is 10.5.